The van der Waals surface area contributed by atoms with E-state index in [4.69, 9.17) is 9.84 Å². The van der Waals surface area contributed by atoms with E-state index in [-0.39, 0.29) is 13.1 Å². The van der Waals surface area contributed by atoms with Gasteiger partial charge in [-0.2, -0.15) is 17.4 Å². The maximum Gasteiger partial charge on any atom is 0.334 e. The van der Waals surface area contributed by atoms with Crippen molar-refractivity contribution in [1.82, 2.24) is 9.03 Å². The third kappa shape index (κ3) is 3.79. The third-order valence-corrected chi connectivity index (χ3v) is 4.97. The number of hydrogen-bond donors (Lipinski definition) is 2. The van der Waals surface area contributed by atoms with Crippen molar-refractivity contribution in [3.05, 3.63) is 35.4 Å². The Bertz CT molecular complexity index is 617. The lowest BCUT2D eigenvalue weighted by atomic mass is 10.0. The molecule has 1 heterocycles. The van der Waals surface area contributed by atoms with E-state index in [0.29, 0.717) is 13.0 Å². The summed E-state index contributed by atoms with van der Waals surface area (Å²) in [6.45, 7) is 0.361. The highest BCUT2D eigenvalue weighted by atomic mass is 32.2. The Labute approximate surface area is 123 Å². The van der Waals surface area contributed by atoms with Gasteiger partial charge < -0.3 is 9.84 Å². The maximum atomic E-state index is 12.2. The van der Waals surface area contributed by atoms with Gasteiger partial charge in [0.05, 0.1) is 0 Å². The molecule has 0 saturated heterocycles. The zero-order valence-corrected chi connectivity index (χ0v) is 12.5. The Hall–Kier alpha value is -1.48. The van der Waals surface area contributed by atoms with Gasteiger partial charge in [-0.15, -0.1) is 0 Å². The molecular weight excluding hydrogens is 296 g/mol. The smallest absolute Gasteiger partial charge is 0.334 e. The number of benzene rings is 1. The first kappa shape index (κ1) is 15.9. The molecule has 0 saturated carbocycles. The van der Waals surface area contributed by atoms with Crippen molar-refractivity contribution >= 4 is 16.2 Å². The second-order valence-electron chi connectivity index (χ2n) is 4.77. The lowest BCUT2D eigenvalue weighted by Crippen LogP contribution is -2.47. The topological polar surface area (TPSA) is 95.9 Å². The first-order valence-electron chi connectivity index (χ1n) is 6.51. The van der Waals surface area contributed by atoms with Crippen LogP contribution in [0.1, 0.15) is 11.1 Å². The molecule has 0 bridgehead atoms. The van der Waals surface area contributed by atoms with Crippen LogP contribution in [0.2, 0.25) is 0 Å². The van der Waals surface area contributed by atoms with Crippen molar-refractivity contribution in [1.29, 1.82) is 0 Å². The third-order valence-electron chi connectivity index (χ3n) is 3.45. The van der Waals surface area contributed by atoms with Gasteiger partial charge in [0, 0.05) is 26.7 Å². The number of carboxylic acids is 1. The number of ether oxygens (including phenoxy) is 1. The van der Waals surface area contributed by atoms with Crippen molar-refractivity contribution < 1.29 is 23.1 Å². The van der Waals surface area contributed by atoms with Gasteiger partial charge in [0.15, 0.2) is 6.10 Å². The molecule has 1 aliphatic heterocycles. The lowest BCUT2D eigenvalue weighted by Gasteiger charge is -2.28. The van der Waals surface area contributed by atoms with E-state index in [1.165, 1.54) is 11.4 Å². The summed E-state index contributed by atoms with van der Waals surface area (Å²) in [5.74, 6) is -1.20. The largest absolute Gasteiger partial charge is 0.479 e. The molecule has 7 nitrogen and oxygen atoms in total. The molecular formula is C13H18N2O5S. The van der Waals surface area contributed by atoms with Crippen LogP contribution in [0.25, 0.3) is 0 Å². The van der Waals surface area contributed by atoms with Crippen LogP contribution in [0.15, 0.2) is 24.3 Å². The van der Waals surface area contributed by atoms with Crippen molar-refractivity contribution in [2.75, 3.05) is 20.2 Å². The SMILES string of the molecule is CO[C@@H](CNS(=O)(=O)N1CCc2ccccc2C1)C(=O)O. The monoisotopic (exact) mass is 314 g/mol. The van der Waals surface area contributed by atoms with Crippen molar-refractivity contribution in [2.45, 2.75) is 19.1 Å². The molecule has 0 amide bonds. The molecule has 116 valence electrons. The van der Waals surface area contributed by atoms with Gasteiger partial charge in [0.1, 0.15) is 0 Å². The van der Waals surface area contributed by atoms with Crippen LogP contribution in [0.4, 0.5) is 0 Å². The number of fused-ring (bicyclic) bond motifs is 1. The highest BCUT2D eigenvalue weighted by molar-refractivity contribution is 7.87. The van der Waals surface area contributed by atoms with Crippen LogP contribution < -0.4 is 4.72 Å². The van der Waals surface area contributed by atoms with E-state index >= 15 is 0 Å². The number of carbonyl (C=O) groups is 1. The lowest BCUT2D eigenvalue weighted by molar-refractivity contribution is -0.147. The van der Waals surface area contributed by atoms with Crippen LogP contribution in [0.5, 0.6) is 0 Å². The highest BCUT2D eigenvalue weighted by Gasteiger charge is 2.28. The molecule has 2 rings (SSSR count). The molecule has 1 atom stereocenters. The van der Waals surface area contributed by atoms with E-state index < -0.39 is 22.3 Å². The number of nitrogens with zero attached hydrogens (tertiary/aromatic N) is 1. The average Bonchev–Trinajstić information content (AvgIpc) is 2.47. The summed E-state index contributed by atoms with van der Waals surface area (Å²) in [5.41, 5.74) is 2.11. The molecule has 1 aliphatic rings. The Morgan fingerprint density at radius 2 is 2.10 bits per heavy atom. The standard InChI is InChI=1S/C13H18N2O5S/c1-20-12(13(16)17)8-14-21(18,19)15-7-6-10-4-2-3-5-11(10)9-15/h2-5,12,14H,6-9H2,1H3,(H,16,17)/t12-/m0/s1. The average molecular weight is 314 g/mol. The van der Waals surface area contributed by atoms with Gasteiger partial charge >= 0.3 is 5.97 Å². The number of carboxylic acid groups (broad SMARTS) is 1. The molecule has 0 radical (unpaired) electrons. The number of nitrogens with one attached hydrogen (secondary N) is 1. The predicted molar refractivity (Wildman–Crippen MR) is 75.9 cm³/mol. The number of aliphatic carboxylic acids is 1. The second-order valence-corrected chi connectivity index (χ2v) is 6.52. The second kappa shape index (κ2) is 6.52. The number of rotatable bonds is 6. The van der Waals surface area contributed by atoms with Gasteiger partial charge in [0.2, 0.25) is 0 Å². The van der Waals surface area contributed by atoms with Crippen molar-refractivity contribution in [3.8, 4) is 0 Å². The minimum absolute atomic E-state index is 0.288. The van der Waals surface area contributed by atoms with Crippen LogP contribution in [-0.2, 0) is 32.7 Å². The Morgan fingerprint density at radius 1 is 1.43 bits per heavy atom. The normalized spacial score (nSPS) is 17.2. The van der Waals surface area contributed by atoms with Crippen LogP contribution in [0, 0.1) is 0 Å². The summed E-state index contributed by atoms with van der Waals surface area (Å²) < 4.78 is 32.7. The first-order valence-corrected chi connectivity index (χ1v) is 7.95. The zero-order valence-electron chi connectivity index (χ0n) is 11.7. The summed E-state index contributed by atoms with van der Waals surface area (Å²) in [6, 6.07) is 7.68. The maximum absolute atomic E-state index is 12.2. The molecule has 0 fully saturated rings. The minimum atomic E-state index is -3.72. The van der Waals surface area contributed by atoms with E-state index in [1.807, 2.05) is 24.3 Å². The van der Waals surface area contributed by atoms with Crippen molar-refractivity contribution in [2.24, 2.45) is 0 Å². The van der Waals surface area contributed by atoms with Crippen molar-refractivity contribution in [3.63, 3.8) is 0 Å². The molecule has 1 aromatic rings. The summed E-state index contributed by atoms with van der Waals surface area (Å²) in [4.78, 5) is 10.8. The van der Waals surface area contributed by atoms with E-state index in [2.05, 4.69) is 4.72 Å². The molecule has 0 spiro atoms. The fourth-order valence-electron chi connectivity index (χ4n) is 2.22. The quantitative estimate of drug-likeness (QED) is 0.769. The molecule has 0 aromatic heterocycles. The number of hydrogen-bond acceptors (Lipinski definition) is 4. The fourth-order valence-corrected chi connectivity index (χ4v) is 3.40. The minimum Gasteiger partial charge on any atom is -0.479 e. The Balaban J connectivity index is 2.03. The molecule has 2 N–H and O–H groups in total. The molecule has 1 aromatic carbocycles. The van der Waals surface area contributed by atoms with E-state index in [1.54, 1.807) is 0 Å². The van der Waals surface area contributed by atoms with Gasteiger partial charge in [0.25, 0.3) is 10.2 Å². The Morgan fingerprint density at radius 3 is 2.71 bits per heavy atom. The van der Waals surface area contributed by atoms with Gasteiger partial charge in [-0.1, -0.05) is 24.3 Å². The Kier molecular flexibility index (Phi) is 4.94. The van der Waals surface area contributed by atoms with Crippen LogP contribution in [0.3, 0.4) is 0 Å². The molecule has 8 heteroatoms. The predicted octanol–water partition coefficient (Wildman–Crippen LogP) is -0.0213. The zero-order chi connectivity index (χ0) is 15.5. The molecule has 0 unspecified atom stereocenters. The van der Waals surface area contributed by atoms with Crippen LogP contribution >= 0.6 is 0 Å². The van der Waals surface area contributed by atoms with Gasteiger partial charge in [-0.25, -0.2) is 4.79 Å². The molecule has 21 heavy (non-hydrogen) atoms. The summed E-state index contributed by atoms with van der Waals surface area (Å²) in [5, 5.41) is 8.84. The summed E-state index contributed by atoms with van der Waals surface area (Å²) in [6.07, 6.45) is -0.555. The van der Waals surface area contributed by atoms with Gasteiger partial charge in [-0.3, -0.25) is 0 Å². The van der Waals surface area contributed by atoms with E-state index in [0.717, 1.165) is 11.1 Å². The summed E-state index contributed by atoms with van der Waals surface area (Å²) in [7, 11) is -2.50. The highest BCUT2D eigenvalue weighted by Crippen LogP contribution is 2.20. The summed E-state index contributed by atoms with van der Waals surface area (Å²) >= 11 is 0. The van der Waals surface area contributed by atoms with Gasteiger partial charge in [-0.05, 0) is 17.5 Å². The van der Waals surface area contributed by atoms with Crippen LogP contribution in [-0.4, -0.2) is 50.1 Å². The molecule has 0 aliphatic carbocycles. The number of methoxy groups -OCH3 is 1. The van der Waals surface area contributed by atoms with E-state index in [9.17, 15) is 13.2 Å². The first-order chi connectivity index (χ1) is 9.94. The fraction of sp³-hybridized carbons (Fsp3) is 0.462.